The number of carbonyl (C=O) groups excluding carboxylic acids is 1. The number of rotatable bonds is 2. The summed E-state index contributed by atoms with van der Waals surface area (Å²) in [5, 5.41) is 15.6. The zero-order chi connectivity index (χ0) is 17.4. The van der Waals surface area contributed by atoms with Crippen molar-refractivity contribution in [3.8, 4) is 5.75 Å². The van der Waals surface area contributed by atoms with Crippen LogP contribution in [0.4, 0.5) is 11.6 Å². The van der Waals surface area contributed by atoms with Crippen LogP contribution >= 0.6 is 0 Å². The highest BCUT2D eigenvalue weighted by molar-refractivity contribution is 5.89. The number of hydrogen-bond acceptors (Lipinski definition) is 6. The van der Waals surface area contributed by atoms with Crippen LogP contribution in [0.3, 0.4) is 0 Å². The van der Waals surface area contributed by atoms with Gasteiger partial charge < -0.3 is 21.5 Å². The minimum atomic E-state index is -0.0956. The Labute approximate surface area is 144 Å². The summed E-state index contributed by atoms with van der Waals surface area (Å²) in [5.41, 5.74) is 10.9. The number of hydrogen-bond donors (Lipinski definition) is 4. The highest BCUT2D eigenvalue weighted by Crippen LogP contribution is 2.33. The second-order valence-corrected chi connectivity index (χ2v) is 6.06. The van der Waals surface area contributed by atoms with Gasteiger partial charge in [0.15, 0.2) is 0 Å². The minimum absolute atomic E-state index is 0.0956. The lowest BCUT2D eigenvalue weighted by molar-refractivity contribution is -0.119. The number of phenolic OH excluding ortho intramolecular Hbond substituents is 1. The molecule has 0 unspecified atom stereocenters. The number of aromatic hydroxyl groups is 1. The average molecular weight is 335 g/mol. The molecule has 1 aliphatic carbocycles. The van der Waals surface area contributed by atoms with E-state index in [-0.39, 0.29) is 24.0 Å². The highest BCUT2D eigenvalue weighted by Gasteiger charge is 2.25. The summed E-state index contributed by atoms with van der Waals surface area (Å²) in [4.78, 5) is 20.5. The molecule has 1 aromatic carbocycles. The maximum Gasteiger partial charge on any atom is 0.228 e. The molecule has 1 aliphatic heterocycles. The number of amides is 1. The third-order valence-corrected chi connectivity index (χ3v) is 4.25. The zero-order valence-corrected chi connectivity index (χ0v) is 13.4. The number of allylic oxidation sites excluding steroid dienone is 3. The van der Waals surface area contributed by atoms with Crippen molar-refractivity contribution in [2.45, 2.75) is 19.3 Å². The fraction of sp³-hybridized carbons (Fsp3) is 0.167. The third-order valence-electron chi connectivity index (χ3n) is 4.25. The molecule has 1 aromatic heterocycles. The van der Waals surface area contributed by atoms with E-state index in [1.165, 1.54) is 0 Å². The summed E-state index contributed by atoms with van der Waals surface area (Å²) in [6, 6.07) is 6.85. The summed E-state index contributed by atoms with van der Waals surface area (Å²) in [7, 11) is 0. The van der Waals surface area contributed by atoms with Gasteiger partial charge >= 0.3 is 0 Å². The maximum atomic E-state index is 12.2. The van der Waals surface area contributed by atoms with Crippen molar-refractivity contribution in [1.82, 2.24) is 15.3 Å². The third kappa shape index (κ3) is 3.03. The van der Waals surface area contributed by atoms with E-state index in [4.69, 9.17) is 5.73 Å². The van der Waals surface area contributed by atoms with Gasteiger partial charge in [-0.15, -0.1) is 0 Å². The second-order valence-electron chi connectivity index (χ2n) is 6.06. The first kappa shape index (κ1) is 15.2. The molecule has 0 atom stereocenters. The number of carbonyl (C=O) groups is 1. The summed E-state index contributed by atoms with van der Waals surface area (Å²) in [6.45, 7) is 0. The van der Waals surface area contributed by atoms with Gasteiger partial charge in [-0.05, 0) is 43.2 Å². The number of benzene rings is 1. The Hall–Kier alpha value is -3.35. The van der Waals surface area contributed by atoms with E-state index < -0.39 is 0 Å². The minimum Gasteiger partial charge on any atom is -0.508 e. The summed E-state index contributed by atoms with van der Waals surface area (Å²) in [5.74, 6) is 0.330. The first-order valence-corrected chi connectivity index (χ1v) is 8.00. The van der Waals surface area contributed by atoms with Crippen LogP contribution in [0.25, 0.3) is 5.57 Å². The van der Waals surface area contributed by atoms with E-state index in [2.05, 4.69) is 20.6 Å². The number of anilines is 2. The van der Waals surface area contributed by atoms with Gasteiger partial charge in [0.2, 0.25) is 11.9 Å². The Morgan fingerprint density at radius 3 is 2.80 bits per heavy atom. The van der Waals surface area contributed by atoms with Crippen LogP contribution in [0.5, 0.6) is 5.75 Å². The van der Waals surface area contributed by atoms with Crippen molar-refractivity contribution >= 4 is 23.1 Å². The smallest absolute Gasteiger partial charge is 0.228 e. The molecular weight excluding hydrogens is 318 g/mol. The van der Waals surface area contributed by atoms with Crippen LogP contribution in [0, 0.1) is 0 Å². The topological polar surface area (TPSA) is 113 Å². The molecule has 2 aromatic rings. The van der Waals surface area contributed by atoms with Gasteiger partial charge in [0.05, 0.1) is 12.1 Å². The molecule has 0 radical (unpaired) electrons. The second kappa shape index (κ2) is 5.94. The summed E-state index contributed by atoms with van der Waals surface area (Å²) >= 11 is 0. The molecule has 0 bridgehead atoms. The lowest BCUT2D eigenvalue weighted by atomic mass is 9.95. The molecule has 25 heavy (non-hydrogen) atoms. The van der Waals surface area contributed by atoms with Gasteiger partial charge in [0.1, 0.15) is 5.75 Å². The number of nitrogens with zero attached hydrogens (tertiary/aromatic N) is 2. The van der Waals surface area contributed by atoms with Crippen LogP contribution in [-0.2, 0) is 11.2 Å². The van der Waals surface area contributed by atoms with Crippen molar-refractivity contribution in [3.05, 3.63) is 59.2 Å². The molecule has 5 N–H and O–H groups in total. The zero-order valence-electron chi connectivity index (χ0n) is 13.4. The number of nitrogens with two attached hydrogens (primary N) is 1. The molecule has 7 heteroatoms. The van der Waals surface area contributed by atoms with E-state index in [1.807, 2.05) is 6.08 Å². The van der Waals surface area contributed by atoms with Crippen LogP contribution < -0.4 is 16.4 Å². The molecule has 0 saturated heterocycles. The van der Waals surface area contributed by atoms with E-state index in [0.29, 0.717) is 0 Å². The van der Waals surface area contributed by atoms with Crippen LogP contribution in [0.1, 0.15) is 24.1 Å². The molecular formula is C18H17N5O2. The van der Waals surface area contributed by atoms with Crippen molar-refractivity contribution in [1.29, 1.82) is 0 Å². The van der Waals surface area contributed by atoms with Gasteiger partial charge in [-0.2, -0.15) is 0 Å². The first-order valence-electron chi connectivity index (χ1n) is 8.00. The summed E-state index contributed by atoms with van der Waals surface area (Å²) in [6.07, 6.45) is 5.30. The van der Waals surface area contributed by atoms with Gasteiger partial charge in [-0.3, -0.25) is 4.79 Å². The van der Waals surface area contributed by atoms with Gasteiger partial charge in [-0.1, -0.05) is 0 Å². The average Bonchev–Trinajstić information content (AvgIpc) is 2.72. The standard InChI is InChI=1S/C18H17N5O2/c19-18-20-9-10-7-16(25)22-15-8-12(3-6-14(15)17(10)23-18)21-11-1-4-13(24)5-2-11/h1-2,4-5,8-9,21,24H,3,6-7H2,(H,22,25)(H2,19,20,23). The van der Waals surface area contributed by atoms with Crippen LogP contribution in [0.15, 0.2) is 47.9 Å². The van der Waals surface area contributed by atoms with Crippen LogP contribution in [-0.4, -0.2) is 21.0 Å². The Bertz CT molecular complexity index is 916. The van der Waals surface area contributed by atoms with E-state index in [0.717, 1.165) is 46.8 Å². The van der Waals surface area contributed by atoms with Crippen molar-refractivity contribution in [2.24, 2.45) is 0 Å². The Morgan fingerprint density at radius 2 is 2.00 bits per heavy atom. The lowest BCUT2D eigenvalue weighted by Crippen LogP contribution is -2.24. The molecule has 0 fully saturated rings. The van der Waals surface area contributed by atoms with Crippen molar-refractivity contribution in [3.63, 3.8) is 0 Å². The predicted molar refractivity (Wildman–Crippen MR) is 94.3 cm³/mol. The molecule has 126 valence electrons. The maximum absolute atomic E-state index is 12.2. The molecule has 7 nitrogen and oxygen atoms in total. The SMILES string of the molecule is Nc1ncc2c(n1)C1=C(C=C(Nc3ccc(O)cc3)CC1)NC(=O)C2. The largest absolute Gasteiger partial charge is 0.508 e. The summed E-state index contributed by atoms with van der Waals surface area (Å²) < 4.78 is 0. The Morgan fingerprint density at radius 1 is 1.20 bits per heavy atom. The molecule has 2 aliphatic rings. The number of nitrogens with one attached hydrogen (secondary N) is 2. The fourth-order valence-corrected chi connectivity index (χ4v) is 3.09. The molecule has 0 saturated carbocycles. The van der Waals surface area contributed by atoms with Crippen molar-refractivity contribution < 1.29 is 9.90 Å². The number of phenols is 1. The Kier molecular flexibility index (Phi) is 3.61. The number of fused-ring (bicyclic) bond motifs is 2. The number of nitrogen functional groups attached to an aromatic ring is 1. The van der Waals surface area contributed by atoms with Crippen LogP contribution in [0.2, 0.25) is 0 Å². The fourth-order valence-electron chi connectivity index (χ4n) is 3.09. The quantitative estimate of drug-likeness (QED) is 0.624. The van der Waals surface area contributed by atoms with Crippen molar-refractivity contribution in [2.75, 3.05) is 11.1 Å². The predicted octanol–water partition coefficient (Wildman–Crippen LogP) is 1.94. The van der Waals surface area contributed by atoms with Gasteiger partial charge in [-0.25, -0.2) is 9.97 Å². The van der Waals surface area contributed by atoms with E-state index in [1.54, 1.807) is 30.5 Å². The first-order chi connectivity index (χ1) is 12.1. The van der Waals surface area contributed by atoms with Gasteiger partial charge in [0, 0.05) is 34.4 Å². The molecule has 1 amide bonds. The van der Waals surface area contributed by atoms with E-state index in [9.17, 15) is 9.90 Å². The number of aromatic nitrogens is 2. The molecule has 4 rings (SSSR count). The van der Waals surface area contributed by atoms with Gasteiger partial charge in [0.25, 0.3) is 0 Å². The lowest BCUT2D eigenvalue weighted by Gasteiger charge is -2.20. The molecule has 0 spiro atoms. The highest BCUT2D eigenvalue weighted by atomic mass is 16.3. The van der Waals surface area contributed by atoms with E-state index >= 15 is 0 Å². The monoisotopic (exact) mass is 335 g/mol. The molecule has 2 heterocycles. The normalized spacial score (nSPS) is 16.3. The Balaban J connectivity index is 1.70.